The van der Waals surface area contributed by atoms with Crippen molar-refractivity contribution < 1.29 is 0 Å². The summed E-state index contributed by atoms with van der Waals surface area (Å²) >= 11 is 0. The Morgan fingerprint density at radius 3 is 2.73 bits per heavy atom. The molecule has 0 amide bonds. The van der Waals surface area contributed by atoms with Crippen LogP contribution in [0, 0.1) is 0 Å². The van der Waals surface area contributed by atoms with Crippen LogP contribution in [-0.2, 0) is 6.42 Å². The van der Waals surface area contributed by atoms with Gasteiger partial charge in [0, 0.05) is 18.6 Å². The normalized spacial score (nSPS) is 21.7. The van der Waals surface area contributed by atoms with E-state index < -0.39 is 0 Å². The third kappa shape index (κ3) is 1.93. The first kappa shape index (κ1) is 10.7. The van der Waals surface area contributed by atoms with Gasteiger partial charge in [-0.1, -0.05) is 31.2 Å². The first-order valence-corrected chi connectivity index (χ1v) is 6.07. The zero-order chi connectivity index (χ0) is 10.8. The van der Waals surface area contributed by atoms with Crippen molar-refractivity contribution in [1.82, 2.24) is 4.90 Å². The Hall–Kier alpha value is -0.820. The number of fused-ring (bicyclic) bond motifs is 1. The molecular weight excluding hydrogens is 182 g/mol. The molecule has 0 spiro atoms. The average molecular weight is 203 g/mol. The lowest BCUT2D eigenvalue weighted by Gasteiger charge is -2.39. The van der Waals surface area contributed by atoms with Gasteiger partial charge in [0.15, 0.2) is 0 Å². The van der Waals surface area contributed by atoms with Crippen LogP contribution >= 0.6 is 0 Å². The molecule has 2 rings (SSSR count). The Kier molecular flexibility index (Phi) is 3.11. The molecular formula is C14H21N. The lowest BCUT2D eigenvalue weighted by Crippen LogP contribution is -2.39. The van der Waals surface area contributed by atoms with Gasteiger partial charge in [0.05, 0.1) is 0 Å². The highest BCUT2D eigenvalue weighted by atomic mass is 15.2. The minimum absolute atomic E-state index is 0.634. The van der Waals surface area contributed by atoms with Crippen LogP contribution in [0.4, 0.5) is 0 Å². The second-order valence-electron chi connectivity index (χ2n) is 4.70. The van der Waals surface area contributed by atoms with Crippen molar-refractivity contribution in [3.05, 3.63) is 35.4 Å². The van der Waals surface area contributed by atoms with Crippen molar-refractivity contribution >= 4 is 0 Å². The largest absolute Gasteiger partial charge is 0.294 e. The predicted molar refractivity (Wildman–Crippen MR) is 65.0 cm³/mol. The van der Waals surface area contributed by atoms with Gasteiger partial charge < -0.3 is 0 Å². The second kappa shape index (κ2) is 4.36. The minimum Gasteiger partial charge on any atom is -0.294 e. The third-order valence-corrected chi connectivity index (χ3v) is 3.50. The predicted octanol–water partition coefficient (Wildman–Crippen LogP) is 3.40. The Morgan fingerprint density at radius 1 is 1.33 bits per heavy atom. The van der Waals surface area contributed by atoms with Crippen LogP contribution in [0.2, 0.25) is 0 Å². The van der Waals surface area contributed by atoms with Gasteiger partial charge in [-0.2, -0.15) is 0 Å². The summed E-state index contributed by atoms with van der Waals surface area (Å²) in [6, 6.07) is 10.2. The molecule has 1 aromatic carbocycles. The van der Waals surface area contributed by atoms with Crippen molar-refractivity contribution in [2.75, 3.05) is 6.54 Å². The highest BCUT2D eigenvalue weighted by molar-refractivity contribution is 5.32. The summed E-state index contributed by atoms with van der Waals surface area (Å²) in [6.07, 6.45) is 2.43. The van der Waals surface area contributed by atoms with Crippen LogP contribution in [-0.4, -0.2) is 17.5 Å². The number of hydrogen-bond donors (Lipinski definition) is 0. The Bertz CT molecular complexity index is 330. The highest BCUT2D eigenvalue weighted by Gasteiger charge is 2.26. The van der Waals surface area contributed by atoms with Gasteiger partial charge >= 0.3 is 0 Å². The molecule has 0 radical (unpaired) electrons. The first-order valence-electron chi connectivity index (χ1n) is 6.07. The lowest BCUT2D eigenvalue weighted by atomic mass is 9.90. The maximum atomic E-state index is 2.63. The van der Waals surface area contributed by atoms with Crippen molar-refractivity contribution in [1.29, 1.82) is 0 Å². The van der Waals surface area contributed by atoms with Gasteiger partial charge in [0.25, 0.3) is 0 Å². The molecule has 0 fully saturated rings. The van der Waals surface area contributed by atoms with Gasteiger partial charge in [-0.05, 0) is 37.8 Å². The SMILES string of the molecule is CCC1c2ccccc2CCN1C(C)C. The van der Waals surface area contributed by atoms with Crippen LogP contribution in [0.25, 0.3) is 0 Å². The summed E-state index contributed by atoms with van der Waals surface area (Å²) in [4.78, 5) is 2.63. The number of rotatable bonds is 2. The van der Waals surface area contributed by atoms with Crippen LogP contribution in [0.3, 0.4) is 0 Å². The van der Waals surface area contributed by atoms with Crippen molar-refractivity contribution in [2.24, 2.45) is 0 Å². The molecule has 1 unspecified atom stereocenters. The second-order valence-corrected chi connectivity index (χ2v) is 4.70. The van der Waals surface area contributed by atoms with Crippen LogP contribution in [0.5, 0.6) is 0 Å². The monoisotopic (exact) mass is 203 g/mol. The number of hydrogen-bond acceptors (Lipinski definition) is 1. The zero-order valence-corrected chi connectivity index (χ0v) is 10.0. The molecule has 0 aromatic heterocycles. The molecule has 0 bridgehead atoms. The smallest absolute Gasteiger partial charge is 0.0351 e. The van der Waals surface area contributed by atoms with E-state index in [1.54, 1.807) is 11.1 Å². The van der Waals surface area contributed by atoms with Crippen LogP contribution in [0.15, 0.2) is 24.3 Å². The fourth-order valence-corrected chi connectivity index (χ4v) is 2.74. The van der Waals surface area contributed by atoms with E-state index in [1.807, 2.05) is 0 Å². The molecule has 0 N–H and O–H groups in total. The molecule has 1 aliphatic rings. The van der Waals surface area contributed by atoms with E-state index in [4.69, 9.17) is 0 Å². The minimum atomic E-state index is 0.634. The average Bonchev–Trinajstić information content (AvgIpc) is 2.27. The molecule has 1 heterocycles. The molecule has 1 atom stereocenters. The molecule has 1 aliphatic heterocycles. The van der Waals surface area contributed by atoms with E-state index in [1.165, 1.54) is 19.4 Å². The van der Waals surface area contributed by atoms with E-state index in [2.05, 4.69) is 49.9 Å². The van der Waals surface area contributed by atoms with Gasteiger partial charge in [-0.15, -0.1) is 0 Å². The fraction of sp³-hybridized carbons (Fsp3) is 0.571. The van der Waals surface area contributed by atoms with Crippen molar-refractivity contribution in [3.8, 4) is 0 Å². The number of nitrogens with zero attached hydrogens (tertiary/aromatic N) is 1. The molecule has 1 heteroatoms. The van der Waals surface area contributed by atoms with E-state index in [0.717, 1.165) is 0 Å². The molecule has 0 saturated carbocycles. The van der Waals surface area contributed by atoms with Crippen molar-refractivity contribution in [3.63, 3.8) is 0 Å². The van der Waals surface area contributed by atoms with E-state index in [0.29, 0.717) is 12.1 Å². The van der Waals surface area contributed by atoms with Crippen LogP contribution < -0.4 is 0 Å². The van der Waals surface area contributed by atoms with Crippen molar-refractivity contribution in [2.45, 2.75) is 45.7 Å². The quantitative estimate of drug-likeness (QED) is 0.712. The molecule has 15 heavy (non-hydrogen) atoms. The summed E-state index contributed by atoms with van der Waals surface area (Å²) in [7, 11) is 0. The van der Waals surface area contributed by atoms with Gasteiger partial charge in [-0.3, -0.25) is 4.90 Å². The van der Waals surface area contributed by atoms with E-state index >= 15 is 0 Å². The first-order chi connectivity index (χ1) is 7.24. The maximum Gasteiger partial charge on any atom is 0.0351 e. The standard InChI is InChI=1S/C14H21N/c1-4-14-13-8-6-5-7-12(13)9-10-15(14)11(2)3/h5-8,11,14H,4,9-10H2,1-3H3. The van der Waals surface area contributed by atoms with Gasteiger partial charge in [-0.25, -0.2) is 0 Å². The Morgan fingerprint density at radius 2 is 2.07 bits per heavy atom. The van der Waals surface area contributed by atoms with Gasteiger partial charge in [0.1, 0.15) is 0 Å². The highest BCUT2D eigenvalue weighted by Crippen LogP contribution is 2.33. The summed E-state index contributed by atoms with van der Waals surface area (Å²) in [5.74, 6) is 0. The molecule has 1 nitrogen and oxygen atoms in total. The summed E-state index contributed by atoms with van der Waals surface area (Å²) in [6.45, 7) is 8.11. The maximum absolute atomic E-state index is 2.63. The molecule has 1 aromatic rings. The molecule has 82 valence electrons. The topological polar surface area (TPSA) is 3.24 Å². The summed E-state index contributed by atoms with van der Waals surface area (Å²) < 4.78 is 0. The van der Waals surface area contributed by atoms with Gasteiger partial charge in [0.2, 0.25) is 0 Å². The lowest BCUT2D eigenvalue weighted by molar-refractivity contribution is 0.138. The van der Waals surface area contributed by atoms with E-state index in [-0.39, 0.29) is 0 Å². The fourth-order valence-electron chi connectivity index (χ4n) is 2.74. The van der Waals surface area contributed by atoms with Crippen LogP contribution in [0.1, 0.15) is 44.4 Å². The number of benzene rings is 1. The Labute approximate surface area is 93.1 Å². The van der Waals surface area contributed by atoms with E-state index in [9.17, 15) is 0 Å². The summed E-state index contributed by atoms with van der Waals surface area (Å²) in [5, 5.41) is 0. The molecule has 0 saturated heterocycles. The Balaban J connectivity index is 2.34. The zero-order valence-electron chi connectivity index (χ0n) is 10.0. The third-order valence-electron chi connectivity index (χ3n) is 3.50. The molecule has 0 aliphatic carbocycles. The summed E-state index contributed by atoms with van der Waals surface area (Å²) in [5.41, 5.74) is 3.11.